The molecule has 1 atom stereocenters. The second-order valence-electron chi connectivity index (χ2n) is 5.65. The van der Waals surface area contributed by atoms with Crippen LogP contribution in [0.25, 0.3) is 11.1 Å². The average Bonchev–Trinajstić information content (AvgIpc) is 3.30. The SMILES string of the molecule is Cc1nc2ccc(C(=O)NCc3noc([C@@H]4CCCO4)n3)cc2o1. The molecule has 3 aromatic rings. The summed E-state index contributed by atoms with van der Waals surface area (Å²) in [5.41, 5.74) is 1.80. The molecule has 1 aromatic carbocycles. The molecule has 0 bridgehead atoms. The lowest BCUT2D eigenvalue weighted by Gasteiger charge is -2.02. The van der Waals surface area contributed by atoms with Crippen molar-refractivity contribution in [1.29, 1.82) is 0 Å². The van der Waals surface area contributed by atoms with Gasteiger partial charge in [0.05, 0.1) is 6.54 Å². The Labute approximate surface area is 137 Å². The Morgan fingerprint density at radius 1 is 1.38 bits per heavy atom. The minimum Gasteiger partial charge on any atom is -0.441 e. The van der Waals surface area contributed by atoms with Crippen LogP contribution < -0.4 is 5.32 Å². The van der Waals surface area contributed by atoms with Gasteiger partial charge in [0.1, 0.15) is 11.6 Å². The molecule has 24 heavy (non-hydrogen) atoms. The van der Waals surface area contributed by atoms with Gasteiger partial charge in [-0.1, -0.05) is 5.16 Å². The van der Waals surface area contributed by atoms with E-state index in [9.17, 15) is 4.79 Å². The van der Waals surface area contributed by atoms with Crippen molar-refractivity contribution >= 4 is 17.0 Å². The zero-order valence-corrected chi connectivity index (χ0v) is 13.1. The molecule has 0 unspecified atom stereocenters. The van der Waals surface area contributed by atoms with Crippen molar-refractivity contribution < 1.29 is 18.5 Å². The molecule has 8 heteroatoms. The van der Waals surface area contributed by atoms with E-state index in [2.05, 4.69) is 20.4 Å². The van der Waals surface area contributed by atoms with Gasteiger partial charge in [-0.3, -0.25) is 4.79 Å². The van der Waals surface area contributed by atoms with Crippen molar-refractivity contribution in [2.24, 2.45) is 0 Å². The monoisotopic (exact) mass is 328 g/mol. The van der Waals surface area contributed by atoms with Crippen molar-refractivity contribution in [3.8, 4) is 0 Å². The van der Waals surface area contributed by atoms with Gasteiger partial charge in [0.2, 0.25) is 0 Å². The number of carbonyl (C=O) groups is 1. The number of ether oxygens (including phenoxy) is 1. The van der Waals surface area contributed by atoms with Crippen LogP contribution in [0.5, 0.6) is 0 Å². The van der Waals surface area contributed by atoms with Gasteiger partial charge in [-0.05, 0) is 31.0 Å². The lowest BCUT2D eigenvalue weighted by atomic mass is 10.2. The zero-order chi connectivity index (χ0) is 16.5. The largest absolute Gasteiger partial charge is 0.441 e. The van der Waals surface area contributed by atoms with Crippen LogP contribution in [0.4, 0.5) is 0 Å². The predicted octanol–water partition coefficient (Wildman–Crippen LogP) is 2.30. The Morgan fingerprint density at radius 2 is 2.29 bits per heavy atom. The number of oxazole rings is 1. The fraction of sp³-hybridized carbons (Fsp3) is 0.375. The van der Waals surface area contributed by atoms with E-state index in [0.29, 0.717) is 35.4 Å². The Balaban J connectivity index is 1.41. The number of rotatable bonds is 4. The lowest BCUT2D eigenvalue weighted by molar-refractivity contribution is 0.0835. The highest BCUT2D eigenvalue weighted by Gasteiger charge is 2.23. The van der Waals surface area contributed by atoms with Gasteiger partial charge in [-0.2, -0.15) is 4.98 Å². The Kier molecular flexibility index (Phi) is 3.73. The lowest BCUT2D eigenvalue weighted by Crippen LogP contribution is -2.23. The second-order valence-corrected chi connectivity index (χ2v) is 5.65. The van der Waals surface area contributed by atoms with Crippen molar-refractivity contribution in [2.75, 3.05) is 6.61 Å². The smallest absolute Gasteiger partial charge is 0.255 e. The molecule has 0 aliphatic carbocycles. The number of hydrogen-bond donors (Lipinski definition) is 1. The number of benzene rings is 1. The molecule has 0 saturated carbocycles. The van der Waals surface area contributed by atoms with Crippen molar-refractivity contribution in [1.82, 2.24) is 20.4 Å². The van der Waals surface area contributed by atoms with E-state index in [-0.39, 0.29) is 18.6 Å². The quantitative estimate of drug-likeness (QED) is 0.783. The molecule has 1 aliphatic heterocycles. The maximum absolute atomic E-state index is 12.2. The van der Waals surface area contributed by atoms with E-state index in [4.69, 9.17) is 13.7 Å². The number of amides is 1. The Hall–Kier alpha value is -2.74. The fourth-order valence-electron chi connectivity index (χ4n) is 2.68. The molecule has 8 nitrogen and oxygen atoms in total. The van der Waals surface area contributed by atoms with Gasteiger partial charge in [0.25, 0.3) is 11.8 Å². The standard InChI is InChI=1S/C16H16N4O4/c1-9-18-11-5-4-10(7-13(11)23-9)15(21)17-8-14-19-16(24-20-14)12-3-2-6-22-12/h4-5,7,12H,2-3,6,8H2,1H3,(H,17,21)/t12-/m0/s1. The maximum atomic E-state index is 12.2. The summed E-state index contributed by atoms with van der Waals surface area (Å²) in [4.78, 5) is 20.7. The van der Waals surface area contributed by atoms with Crippen LogP contribution in [-0.4, -0.2) is 27.6 Å². The summed E-state index contributed by atoms with van der Waals surface area (Å²) < 4.78 is 16.1. The van der Waals surface area contributed by atoms with Crippen LogP contribution in [-0.2, 0) is 11.3 Å². The fourth-order valence-corrected chi connectivity index (χ4v) is 2.68. The van der Waals surface area contributed by atoms with Crippen LogP contribution in [0.2, 0.25) is 0 Å². The van der Waals surface area contributed by atoms with Gasteiger partial charge < -0.3 is 19.0 Å². The van der Waals surface area contributed by atoms with Crippen molar-refractivity contribution in [2.45, 2.75) is 32.4 Å². The summed E-state index contributed by atoms with van der Waals surface area (Å²) >= 11 is 0. The minimum absolute atomic E-state index is 0.126. The van der Waals surface area contributed by atoms with E-state index >= 15 is 0 Å². The summed E-state index contributed by atoms with van der Waals surface area (Å²) in [5, 5.41) is 6.63. The second kappa shape index (κ2) is 6.04. The van der Waals surface area contributed by atoms with Crippen molar-refractivity contribution in [3.05, 3.63) is 41.4 Å². The highest BCUT2D eigenvalue weighted by atomic mass is 16.5. The molecule has 1 saturated heterocycles. The van der Waals surface area contributed by atoms with Gasteiger partial charge in [-0.15, -0.1) is 0 Å². The number of hydrogen-bond acceptors (Lipinski definition) is 7. The first-order chi connectivity index (χ1) is 11.7. The molecule has 0 radical (unpaired) electrons. The molecule has 1 fully saturated rings. The van der Waals surface area contributed by atoms with Crippen LogP contribution in [0.15, 0.2) is 27.1 Å². The normalized spacial score (nSPS) is 17.5. The molecule has 4 rings (SSSR count). The number of aryl methyl sites for hydroxylation is 1. The topological polar surface area (TPSA) is 103 Å². The zero-order valence-electron chi connectivity index (χ0n) is 13.1. The Bertz CT molecular complexity index is 879. The Morgan fingerprint density at radius 3 is 3.12 bits per heavy atom. The van der Waals surface area contributed by atoms with Crippen LogP contribution in [0.1, 0.15) is 46.9 Å². The molecular weight excluding hydrogens is 312 g/mol. The number of fused-ring (bicyclic) bond motifs is 1. The summed E-state index contributed by atoms with van der Waals surface area (Å²) in [5.74, 6) is 1.21. The first-order valence-corrected chi connectivity index (χ1v) is 7.78. The molecule has 1 aliphatic rings. The van der Waals surface area contributed by atoms with Crippen LogP contribution in [0, 0.1) is 6.92 Å². The number of aromatic nitrogens is 3. The van der Waals surface area contributed by atoms with E-state index in [1.54, 1.807) is 25.1 Å². The van der Waals surface area contributed by atoms with E-state index in [1.807, 2.05) is 0 Å². The molecule has 1 N–H and O–H groups in total. The predicted molar refractivity (Wildman–Crippen MR) is 82.1 cm³/mol. The third-order valence-electron chi connectivity index (χ3n) is 3.85. The number of carbonyl (C=O) groups excluding carboxylic acids is 1. The third kappa shape index (κ3) is 2.88. The third-order valence-corrected chi connectivity index (χ3v) is 3.85. The highest BCUT2D eigenvalue weighted by Crippen LogP contribution is 2.26. The van der Waals surface area contributed by atoms with E-state index < -0.39 is 0 Å². The molecular formula is C16H16N4O4. The van der Waals surface area contributed by atoms with Crippen molar-refractivity contribution in [3.63, 3.8) is 0 Å². The maximum Gasteiger partial charge on any atom is 0.255 e. The number of nitrogens with one attached hydrogen (secondary N) is 1. The summed E-state index contributed by atoms with van der Waals surface area (Å²) in [6.45, 7) is 2.66. The molecule has 1 amide bonds. The summed E-state index contributed by atoms with van der Waals surface area (Å²) in [7, 11) is 0. The average molecular weight is 328 g/mol. The van der Waals surface area contributed by atoms with Crippen LogP contribution >= 0.6 is 0 Å². The van der Waals surface area contributed by atoms with E-state index in [0.717, 1.165) is 18.4 Å². The first kappa shape index (κ1) is 14.8. The first-order valence-electron chi connectivity index (χ1n) is 7.78. The highest BCUT2D eigenvalue weighted by molar-refractivity contribution is 5.96. The molecule has 3 heterocycles. The van der Waals surface area contributed by atoms with Gasteiger partial charge >= 0.3 is 0 Å². The van der Waals surface area contributed by atoms with Gasteiger partial charge in [-0.25, -0.2) is 4.98 Å². The summed E-state index contributed by atoms with van der Waals surface area (Å²) in [6.07, 6.45) is 1.74. The molecule has 2 aromatic heterocycles. The van der Waals surface area contributed by atoms with Gasteiger partial charge in [0, 0.05) is 19.1 Å². The van der Waals surface area contributed by atoms with Crippen LogP contribution in [0.3, 0.4) is 0 Å². The minimum atomic E-state index is -0.241. The number of nitrogens with zero attached hydrogens (tertiary/aromatic N) is 3. The van der Waals surface area contributed by atoms with E-state index in [1.165, 1.54) is 0 Å². The summed E-state index contributed by atoms with van der Waals surface area (Å²) in [6, 6.07) is 5.12. The van der Waals surface area contributed by atoms with Gasteiger partial charge in [0.15, 0.2) is 17.3 Å². The molecule has 124 valence electrons. The molecule has 0 spiro atoms.